The quantitative estimate of drug-likeness (QED) is 0.254. The third kappa shape index (κ3) is 4.43. The van der Waals surface area contributed by atoms with Gasteiger partial charge in [-0.05, 0) is 85.2 Å². The van der Waals surface area contributed by atoms with Gasteiger partial charge in [0.1, 0.15) is 11.5 Å². The number of phenolic OH excluding ortho intramolecular Hbond substituents is 1. The normalized spacial score (nSPS) is 28.2. The fourth-order valence-corrected chi connectivity index (χ4v) is 8.98. The number of fused-ring (bicyclic) bond motifs is 4. The highest BCUT2D eigenvalue weighted by molar-refractivity contribution is 6.36. The zero-order valence-corrected chi connectivity index (χ0v) is 27.7. The Hall–Kier alpha value is -4.34. The Morgan fingerprint density at radius 1 is 0.915 bits per heavy atom. The Labute approximate surface area is 282 Å². The summed E-state index contributed by atoms with van der Waals surface area (Å²) in [5.41, 5.74) is 5.26. The van der Waals surface area contributed by atoms with E-state index >= 15 is 4.79 Å². The molecule has 3 aromatic carbocycles. The van der Waals surface area contributed by atoms with Crippen LogP contribution >= 0.6 is 23.2 Å². The first-order chi connectivity index (χ1) is 22.4. The average molecular weight is 675 g/mol. The maximum Gasteiger partial charge on any atom is 0.260 e. The summed E-state index contributed by atoms with van der Waals surface area (Å²) in [5, 5.41) is 12.4. The van der Waals surface area contributed by atoms with Gasteiger partial charge in [0, 0.05) is 18.0 Å². The van der Waals surface area contributed by atoms with Gasteiger partial charge in [0.15, 0.2) is 0 Å². The number of nitrogens with zero attached hydrogens (tertiary/aromatic N) is 2. The van der Waals surface area contributed by atoms with E-state index in [9.17, 15) is 19.5 Å². The Kier molecular flexibility index (Phi) is 7.41. The van der Waals surface area contributed by atoms with Crippen molar-refractivity contribution in [1.82, 2.24) is 9.91 Å². The highest BCUT2D eigenvalue weighted by Crippen LogP contribution is 2.64. The van der Waals surface area contributed by atoms with Gasteiger partial charge < -0.3 is 9.84 Å². The first-order valence-electron chi connectivity index (χ1n) is 15.5. The number of allylic oxidation sites excluding steroid dienone is 2. The monoisotopic (exact) mass is 673 g/mol. The second-order valence-corrected chi connectivity index (χ2v) is 13.8. The number of hydrazine groups is 1. The largest absolute Gasteiger partial charge is 0.507 e. The molecule has 0 spiro atoms. The molecular weight excluding hydrogens is 641 g/mol. The molecule has 7 rings (SSSR count). The maximum atomic E-state index is 15.2. The molecule has 0 bridgehead atoms. The number of rotatable bonds is 5. The molecule has 6 atom stereocenters. The third-order valence-corrected chi connectivity index (χ3v) is 11.2. The number of hydrogen-bond donors (Lipinski definition) is 2. The number of aromatic hydroxyl groups is 1. The molecular formula is C36H33Cl2N3O6. The number of phenols is 1. The maximum absolute atomic E-state index is 15.2. The molecule has 6 unspecified atom stereocenters. The number of likely N-dealkylation sites (tertiary alicyclic amines) is 1. The second-order valence-electron chi connectivity index (χ2n) is 13.0. The minimum atomic E-state index is -1.46. The van der Waals surface area contributed by atoms with Crippen LogP contribution in [0.15, 0.2) is 66.2 Å². The lowest BCUT2D eigenvalue weighted by Crippen LogP contribution is -2.53. The van der Waals surface area contributed by atoms with Gasteiger partial charge in [0.2, 0.25) is 11.8 Å². The molecule has 1 saturated carbocycles. The molecule has 4 aliphatic rings. The third-order valence-electron chi connectivity index (χ3n) is 10.6. The van der Waals surface area contributed by atoms with Crippen LogP contribution < -0.4 is 10.2 Å². The van der Waals surface area contributed by atoms with E-state index in [1.807, 2.05) is 30.3 Å². The van der Waals surface area contributed by atoms with Crippen LogP contribution in [0.25, 0.3) is 0 Å². The molecule has 2 heterocycles. The second kappa shape index (κ2) is 11.1. The summed E-state index contributed by atoms with van der Waals surface area (Å²) < 4.78 is 5.44. The predicted octanol–water partition coefficient (Wildman–Crippen LogP) is 5.94. The van der Waals surface area contributed by atoms with Crippen molar-refractivity contribution in [2.45, 2.75) is 38.0 Å². The van der Waals surface area contributed by atoms with Crippen molar-refractivity contribution in [3.05, 3.63) is 98.5 Å². The molecule has 47 heavy (non-hydrogen) atoms. The zero-order chi connectivity index (χ0) is 33.5. The summed E-state index contributed by atoms with van der Waals surface area (Å²) in [4.78, 5) is 58.0. The average Bonchev–Trinajstić information content (AvgIpc) is 3.41. The smallest absolute Gasteiger partial charge is 0.260 e. The van der Waals surface area contributed by atoms with E-state index in [0.717, 1.165) is 16.1 Å². The molecule has 11 heteroatoms. The summed E-state index contributed by atoms with van der Waals surface area (Å²) in [7, 11) is 3.06. The van der Waals surface area contributed by atoms with Crippen LogP contribution in [-0.2, 0) is 24.6 Å². The van der Waals surface area contributed by atoms with Crippen molar-refractivity contribution >= 4 is 52.5 Å². The number of hydrogen-bond acceptors (Lipinski definition) is 7. The topological polar surface area (TPSA) is 116 Å². The summed E-state index contributed by atoms with van der Waals surface area (Å²) in [6.07, 6.45) is 2.52. The lowest BCUT2D eigenvalue weighted by atomic mass is 9.49. The number of carbonyl (C=O) groups is 4. The van der Waals surface area contributed by atoms with Crippen molar-refractivity contribution in [2.75, 3.05) is 19.6 Å². The molecule has 0 radical (unpaired) electrons. The van der Waals surface area contributed by atoms with E-state index in [1.54, 1.807) is 45.2 Å². The van der Waals surface area contributed by atoms with Gasteiger partial charge in [-0.2, -0.15) is 5.01 Å². The molecule has 242 valence electrons. The molecule has 3 fully saturated rings. The molecule has 2 saturated heterocycles. The van der Waals surface area contributed by atoms with E-state index in [-0.39, 0.29) is 29.0 Å². The van der Waals surface area contributed by atoms with Crippen LogP contribution in [0.4, 0.5) is 5.69 Å². The highest BCUT2D eigenvalue weighted by atomic mass is 35.5. The van der Waals surface area contributed by atoms with Crippen molar-refractivity contribution in [3.8, 4) is 11.5 Å². The summed E-state index contributed by atoms with van der Waals surface area (Å²) >= 11 is 12.6. The van der Waals surface area contributed by atoms with E-state index in [1.165, 1.54) is 18.0 Å². The Morgan fingerprint density at radius 3 is 2.23 bits per heavy atom. The minimum Gasteiger partial charge on any atom is -0.507 e. The van der Waals surface area contributed by atoms with Crippen LogP contribution in [-0.4, -0.2) is 52.8 Å². The number of imide groups is 2. The van der Waals surface area contributed by atoms with Crippen LogP contribution in [0.2, 0.25) is 10.0 Å². The molecule has 4 amide bonds. The Bertz CT molecular complexity index is 1890. The van der Waals surface area contributed by atoms with E-state index in [2.05, 4.69) is 5.43 Å². The zero-order valence-electron chi connectivity index (χ0n) is 26.2. The number of carbonyl (C=O) groups excluding carboxylic acids is 4. The van der Waals surface area contributed by atoms with Crippen LogP contribution in [0.1, 0.15) is 41.0 Å². The van der Waals surface area contributed by atoms with Crippen LogP contribution in [0, 0.1) is 37.5 Å². The SMILES string of the molecule is COc1ccc(C23C(=O)N(Nc4ccc(Cl)cc4Cl)C(=O)C2CC2C(=CCC4C(=O)N(C)C(=O)C42)C3c2cc(C)c(O)c(C)c2)cc1. The van der Waals surface area contributed by atoms with Crippen molar-refractivity contribution in [2.24, 2.45) is 23.7 Å². The molecule has 9 nitrogen and oxygen atoms in total. The van der Waals surface area contributed by atoms with E-state index in [0.29, 0.717) is 39.6 Å². The number of nitrogens with one attached hydrogen (secondary N) is 1. The lowest BCUT2D eigenvalue weighted by molar-refractivity contribution is -0.140. The van der Waals surface area contributed by atoms with E-state index in [4.69, 9.17) is 27.9 Å². The molecule has 0 aromatic heterocycles. The Balaban J connectivity index is 1.49. The standard InChI is InChI=1S/C36H33Cl2N3O6/c1-17-13-19(14-18(2)31(17)42)30-23-10-11-24-29(34(45)40(3)32(24)43)25(23)16-26-33(44)41(39-28-12-7-21(37)15-27(28)38)35(46)36(26,30)20-5-8-22(47-4)9-6-20/h5-10,12-15,24-26,29-30,39,42H,11,16H2,1-4H3. The predicted molar refractivity (Wildman–Crippen MR) is 176 cm³/mol. The number of aryl methyl sites for hydroxylation is 2. The lowest BCUT2D eigenvalue weighted by Gasteiger charge is -2.50. The van der Waals surface area contributed by atoms with Crippen LogP contribution in [0.3, 0.4) is 0 Å². The molecule has 2 N–H and O–H groups in total. The number of halogens is 2. The number of ether oxygens (including phenoxy) is 1. The van der Waals surface area contributed by atoms with Gasteiger partial charge in [-0.3, -0.25) is 29.5 Å². The van der Waals surface area contributed by atoms with Gasteiger partial charge in [-0.25, -0.2) is 0 Å². The molecule has 3 aromatic rings. The van der Waals surface area contributed by atoms with Gasteiger partial charge >= 0.3 is 0 Å². The molecule has 2 aliphatic heterocycles. The van der Waals surface area contributed by atoms with Gasteiger partial charge in [-0.15, -0.1) is 0 Å². The van der Waals surface area contributed by atoms with E-state index < -0.39 is 46.8 Å². The number of methoxy groups -OCH3 is 1. The van der Waals surface area contributed by atoms with Crippen LogP contribution in [0.5, 0.6) is 11.5 Å². The van der Waals surface area contributed by atoms with Crippen molar-refractivity contribution in [3.63, 3.8) is 0 Å². The number of amides is 4. The summed E-state index contributed by atoms with van der Waals surface area (Å²) in [6, 6.07) is 15.6. The van der Waals surface area contributed by atoms with Crippen molar-refractivity contribution in [1.29, 1.82) is 0 Å². The first-order valence-corrected chi connectivity index (χ1v) is 16.2. The minimum absolute atomic E-state index is 0.140. The fraction of sp³-hybridized carbons (Fsp3) is 0.333. The highest BCUT2D eigenvalue weighted by Gasteiger charge is 2.70. The Morgan fingerprint density at radius 2 is 1.60 bits per heavy atom. The summed E-state index contributed by atoms with van der Waals surface area (Å²) in [5.74, 6) is -4.03. The van der Waals surface area contributed by atoms with Crippen molar-refractivity contribution < 1.29 is 29.0 Å². The fourth-order valence-electron chi connectivity index (χ4n) is 8.53. The van der Waals surface area contributed by atoms with Gasteiger partial charge in [0.25, 0.3) is 11.8 Å². The van der Waals surface area contributed by atoms with Gasteiger partial charge in [0.05, 0.1) is 41.0 Å². The van der Waals surface area contributed by atoms with Gasteiger partial charge in [-0.1, -0.05) is 59.1 Å². The molecule has 2 aliphatic carbocycles. The first kappa shape index (κ1) is 31.3. The number of anilines is 1. The number of benzene rings is 3. The summed E-state index contributed by atoms with van der Waals surface area (Å²) in [6.45, 7) is 3.59.